The smallest absolute Gasteiger partial charge is 0.262 e. The zero-order chi connectivity index (χ0) is 17.6. The minimum absolute atomic E-state index is 0.0158. The minimum Gasteiger partial charge on any atom is -0.490 e. The van der Waals surface area contributed by atoms with Gasteiger partial charge in [-0.05, 0) is 37.8 Å². The topological polar surface area (TPSA) is 103 Å². The molecular formula is C18H17N3O4. The lowest BCUT2D eigenvalue weighted by atomic mass is 10.1. The molecule has 1 aliphatic heterocycles. The summed E-state index contributed by atoms with van der Waals surface area (Å²) in [4.78, 5) is 36.1. The van der Waals surface area contributed by atoms with E-state index >= 15 is 0 Å². The highest BCUT2D eigenvalue weighted by molar-refractivity contribution is 6.23. The van der Waals surface area contributed by atoms with Crippen LogP contribution in [0, 0.1) is 0 Å². The Balaban J connectivity index is 1.78. The summed E-state index contributed by atoms with van der Waals surface area (Å²) in [6.07, 6.45) is 4.55. The number of anilines is 1. The van der Waals surface area contributed by atoms with Gasteiger partial charge in [0.15, 0.2) is 0 Å². The molecule has 2 aliphatic rings. The Morgan fingerprint density at radius 1 is 1.08 bits per heavy atom. The van der Waals surface area contributed by atoms with Gasteiger partial charge in [0.2, 0.25) is 0 Å². The number of carbonyl (C=O) groups is 2. The molecular weight excluding hydrogens is 322 g/mol. The second kappa shape index (κ2) is 5.77. The maximum absolute atomic E-state index is 12.5. The van der Waals surface area contributed by atoms with Crippen molar-refractivity contribution in [1.29, 1.82) is 0 Å². The fourth-order valence-electron chi connectivity index (χ4n) is 3.44. The van der Waals surface area contributed by atoms with E-state index in [-0.39, 0.29) is 23.0 Å². The van der Waals surface area contributed by atoms with Gasteiger partial charge in [-0.3, -0.25) is 24.3 Å². The molecule has 1 aliphatic carbocycles. The van der Waals surface area contributed by atoms with Crippen LogP contribution in [0.3, 0.4) is 0 Å². The number of hydrogen-bond donors (Lipinski definition) is 2. The summed E-state index contributed by atoms with van der Waals surface area (Å²) in [5, 5.41) is 2.15. The van der Waals surface area contributed by atoms with E-state index in [0.29, 0.717) is 11.4 Å². The number of ether oxygens (including phenoxy) is 1. The van der Waals surface area contributed by atoms with Crippen molar-refractivity contribution in [2.45, 2.75) is 31.8 Å². The maximum atomic E-state index is 12.5. The number of nitrogen functional groups attached to an aromatic ring is 1. The zero-order valence-corrected chi connectivity index (χ0v) is 13.5. The zero-order valence-electron chi connectivity index (χ0n) is 13.5. The summed E-state index contributed by atoms with van der Waals surface area (Å²) in [6, 6.07) is 8.16. The second-order valence-electron chi connectivity index (χ2n) is 6.30. The number of rotatable bonds is 3. The van der Waals surface area contributed by atoms with E-state index in [1.54, 1.807) is 18.2 Å². The Bertz CT molecular complexity index is 942. The number of benzene rings is 1. The van der Waals surface area contributed by atoms with E-state index < -0.39 is 17.4 Å². The van der Waals surface area contributed by atoms with Crippen molar-refractivity contribution in [2.75, 3.05) is 5.73 Å². The van der Waals surface area contributed by atoms with Crippen molar-refractivity contribution in [1.82, 2.24) is 9.88 Å². The molecule has 25 heavy (non-hydrogen) atoms. The van der Waals surface area contributed by atoms with Crippen LogP contribution in [-0.4, -0.2) is 22.5 Å². The predicted octanol–water partition coefficient (Wildman–Crippen LogP) is 1.62. The number of aromatic nitrogens is 1. The maximum Gasteiger partial charge on any atom is 0.262 e. The first kappa shape index (κ1) is 15.4. The van der Waals surface area contributed by atoms with E-state index in [1.807, 2.05) is 6.07 Å². The highest BCUT2D eigenvalue weighted by Crippen LogP contribution is 2.27. The molecule has 1 saturated carbocycles. The Kier molecular flexibility index (Phi) is 3.56. The fourth-order valence-corrected chi connectivity index (χ4v) is 3.44. The van der Waals surface area contributed by atoms with Gasteiger partial charge < -0.3 is 10.5 Å². The van der Waals surface area contributed by atoms with Crippen molar-refractivity contribution in [2.24, 2.45) is 0 Å². The highest BCUT2D eigenvalue weighted by Gasteiger charge is 2.31. The van der Waals surface area contributed by atoms with E-state index in [2.05, 4.69) is 5.32 Å². The van der Waals surface area contributed by atoms with Crippen LogP contribution in [0.25, 0.3) is 5.69 Å². The molecule has 0 spiro atoms. The molecule has 0 unspecified atom stereocenters. The van der Waals surface area contributed by atoms with Gasteiger partial charge >= 0.3 is 0 Å². The van der Waals surface area contributed by atoms with Crippen molar-refractivity contribution in [3.05, 3.63) is 51.8 Å². The molecule has 7 heteroatoms. The molecule has 1 fully saturated rings. The lowest BCUT2D eigenvalue weighted by Crippen LogP contribution is -2.24. The van der Waals surface area contributed by atoms with Crippen LogP contribution < -0.4 is 21.3 Å². The predicted molar refractivity (Wildman–Crippen MR) is 91.1 cm³/mol. The van der Waals surface area contributed by atoms with Gasteiger partial charge in [0.05, 0.1) is 22.9 Å². The first-order valence-electron chi connectivity index (χ1n) is 8.23. The second-order valence-corrected chi connectivity index (χ2v) is 6.30. The molecule has 2 amide bonds. The number of fused-ring (bicyclic) bond motifs is 1. The molecule has 4 rings (SSSR count). The summed E-state index contributed by atoms with van der Waals surface area (Å²) in [7, 11) is 0. The normalized spacial score (nSPS) is 16.8. The summed E-state index contributed by atoms with van der Waals surface area (Å²) < 4.78 is 7.18. The molecule has 7 nitrogen and oxygen atoms in total. The average Bonchev–Trinajstić information content (AvgIpc) is 3.16. The molecule has 0 atom stereocenters. The standard InChI is InChI=1S/C18H17N3O4/c19-16-15-13(17(23)20-18(15)24)9-14(22)21(16)10-4-3-7-12(8-10)25-11-5-1-2-6-11/h3-4,7-9,11H,1-2,5-6,19H2,(H,20,23,24). The molecule has 128 valence electrons. The summed E-state index contributed by atoms with van der Waals surface area (Å²) in [5.41, 5.74) is 6.11. The summed E-state index contributed by atoms with van der Waals surface area (Å²) in [6.45, 7) is 0. The van der Waals surface area contributed by atoms with E-state index in [4.69, 9.17) is 10.5 Å². The Morgan fingerprint density at radius 3 is 2.60 bits per heavy atom. The Labute approximate surface area is 143 Å². The first-order chi connectivity index (χ1) is 12.0. The molecule has 3 N–H and O–H groups in total. The summed E-state index contributed by atoms with van der Waals surface area (Å²) in [5.74, 6) is -0.598. The third kappa shape index (κ3) is 2.57. The van der Waals surface area contributed by atoms with Crippen LogP contribution in [0.4, 0.5) is 5.82 Å². The SMILES string of the molecule is Nc1c2c(cc(=O)n1-c1cccc(OC3CCCC3)c1)C(=O)NC2=O. The van der Waals surface area contributed by atoms with Gasteiger partial charge in [0, 0.05) is 12.1 Å². The van der Waals surface area contributed by atoms with Gasteiger partial charge in [-0.25, -0.2) is 0 Å². The third-order valence-corrected chi connectivity index (χ3v) is 4.63. The van der Waals surface area contributed by atoms with Gasteiger partial charge in [0.1, 0.15) is 11.6 Å². The Morgan fingerprint density at radius 2 is 1.84 bits per heavy atom. The molecule has 2 heterocycles. The van der Waals surface area contributed by atoms with Crippen molar-refractivity contribution < 1.29 is 14.3 Å². The van der Waals surface area contributed by atoms with Gasteiger partial charge in [-0.1, -0.05) is 6.07 Å². The number of nitrogens with one attached hydrogen (secondary N) is 1. The molecule has 1 aromatic heterocycles. The van der Waals surface area contributed by atoms with E-state index in [9.17, 15) is 14.4 Å². The number of pyridine rings is 1. The molecule has 0 radical (unpaired) electrons. The monoisotopic (exact) mass is 339 g/mol. The van der Waals surface area contributed by atoms with Crippen LogP contribution in [0.15, 0.2) is 35.1 Å². The van der Waals surface area contributed by atoms with Crippen LogP contribution in [-0.2, 0) is 0 Å². The van der Waals surface area contributed by atoms with Crippen LogP contribution in [0.1, 0.15) is 46.4 Å². The lowest BCUT2D eigenvalue weighted by molar-refractivity contribution is 0.0880. The first-order valence-corrected chi connectivity index (χ1v) is 8.23. The molecule has 2 aromatic rings. The number of nitrogens with two attached hydrogens (primary N) is 1. The minimum atomic E-state index is -0.603. The molecule has 0 bridgehead atoms. The number of carbonyl (C=O) groups excluding carboxylic acids is 2. The lowest BCUT2D eigenvalue weighted by Gasteiger charge is -2.16. The van der Waals surface area contributed by atoms with Crippen LogP contribution in [0.5, 0.6) is 5.75 Å². The number of amides is 2. The Hall–Kier alpha value is -3.09. The number of imide groups is 1. The van der Waals surface area contributed by atoms with Crippen molar-refractivity contribution in [3.8, 4) is 11.4 Å². The van der Waals surface area contributed by atoms with Crippen molar-refractivity contribution >= 4 is 17.6 Å². The van der Waals surface area contributed by atoms with Crippen LogP contribution >= 0.6 is 0 Å². The van der Waals surface area contributed by atoms with Crippen molar-refractivity contribution in [3.63, 3.8) is 0 Å². The van der Waals surface area contributed by atoms with Gasteiger partial charge in [-0.15, -0.1) is 0 Å². The van der Waals surface area contributed by atoms with Crippen LogP contribution in [0.2, 0.25) is 0 Å². The fraction of sp³-hybridized carbons (Fsp3) is 0.278. The highest BCUT2D eigenvalue weighted by atomic mass is 16.5. The average molecular weight is 339 g/mol. The number of nitrogens with zero attached hydrogens (tertiary/aromatic N) is 1. The third-order valence-electron chi connectivity index (χ3n) is 4.63. The number of hydrogen-bond acceptors (Lipinski definition) is 5. The van der Waals surface area contributed by atoms with Gasteiger partial charge in [-0.2, -0.15) is 0 Å². The molecule has 0 saturated heterocycles. The largest absolute Gasteiger partial charge is 0.490 e. The van der Waals surface area contributed by atoms with E-state index in [1.165, 1.54) is 4.57 Å². The van der Waals surface area contributed by atoms with E-state index in [0.717, 1.165) is 31.7 Å². The van der Waals surface area contributed by atoms with Gasteiger partial charge in [0.25, 0.3) is 17.4 Å². The summed E-state index contributed by atoms with van der Waals surface area (Å²) >= 11 is 0. The quantitative estimate of drug-likeness (QED) is 0.827. The molecule has 1 aromatic carbocycles.